The average Bonchev–Trinajstić information content (AvgIpc) is 3.14. The minimum Gasteiger partial charge on any atom is -0.423 e. The topological polar surface area (TPSA) is 84.2 Å². The zero-order chi connectivity index (χ0) is 22.9. The number of hydrogen-bond donors (Lipinski definition) is 2. The lowest BCUT2D eigenvalue weighted by atomic mass is 10.1. The number of carbonyl (C=O) groups excluding carboxylic acids is 2. The van der Waals surface area contributed by atoms with Gasteiger partial charge in [-0.2, -0.15) is 18.2 Å². The summed E-state index contributed by atoms with van der Waals surface area (Å²) in [6.07, 6.45) is -4.68. The number of nitrogens with zero attached hydrogens (tertiary/aromatic N) is 1. The molecule has 0 saturated carbocycles. The molecule has 0 aliphatic carbocycles. The number of hydrogen-bond acceptors (Lipinski definition) is 4. The molecule has 0 spiro atoms. The van der Waals surface area contributed by atoms with Gasteiger partial charge in [-0.3, -0.25) is 14.9 Å². The molecule has 32 heavy (non-hydrogen) atoms. The summed E-state index contributed by atoms with van der Waals surface area (Å²) in [5.41, 5.74) is -0.426. The second-order valence-electron chi connectivity index (χ2n) is 6.66. The Morgan fingerprint density at radius 1 is 0.906 bits per heavy atom. The summed E-state index contributed by atoms with van der Waals surface area (Å²) in [6.45, 7) is 0. The Morgan fingerprint density at radius 3 is 2.47 bits per heavy atom. The highest BCUT2D eigenvalue weighted by molar-refractivity contribution is 6.31. The van der Waals surface area contributed by atoms with Crippen LogP contribution in [0.15, 0.2) is 71.1 Å². The molecule has 0 aliphatic rings. The largest absolute Gasteiger partial charge is 0.423 e. The van der Waals surface area contributed by atoms with Gasteiger partial charge in [0.1, 0.15) is 5.52 Å². The van der Waals surface area contributed by atoms with Crippen LogP contribution >= 0.6 is 11.6 Å². The van der Waals surface area contributed by atoms with Gasteiger partial charge in [0.25, 0.3) is 11.8 Å². The van der Waals surface area contributed by atoms with Crippen LogP contribution in [0.3, 0.4) is 0 Å². The van der Waals surface area contributed by atoms with E-state index in [2.05, 4.69) is 15.6 Å². The van der Waals surface area contributed by atoms with E-state index < -0.39 is 29.1 Å². The molecule has 2 N–H and O–H groups in total. The van der Waals surface area contributed by atoms with E-state index in [1.807, 2.05) is 0 Å². The van der Waals surface area contributed by atoms with Crippen molar-refractivity contribution < 1.29 is 27.2 Å². The number of halogens is 4. The number of benzene rings is 3. The van der Waals surface area contributed by atoms with Crippen LogP contribution in [0.25, 0.3) is 11.1 Å². The molecule has 3 aromatic carbocycles. The van der Waals surface area contributed by atoms with E-state index in [1.165, 1.54) is 36.4 Å². The molecule has 0 saturated heterocycles. The average molecular weight is 460 g/mol. The van der Waals surface area contributed by atoms with Gasteiger partial charge in [-0.25, -0.2) is 0 Å². The predicted octanol–water partition coefficient (Wildman–Crippen LogP) is 6.00. The summed E-state index contributed by atoms with van der Waals surface area (Å²) in [5.74, 6) is -1.54. The number of nitrogens with one attached hydrogen (secondary N) is 2. The number of oxazole rings is 1. The summed E-state index contributed by atoms with van der Waals surface area (Å²) in [4.78, 5) is 29.1. The van der Waals surface area contributed by atoms with Crippen LogP contribution in [0.4, 0.5) is 24.9 Å². The molecule has 2 amide bonds. The lowest BCUT2D eigenvalue weighted by molar-refractivity contribution is -0.137. The van der Waals surface area contributed by atoms with Crippen LogP contribution in [-0.4, -0.2) is 16.8 Å². The minimum atomic E-state index is -4.68. The summed E-state index contributed by atoms with van der Waals surface area (Å²) < 4.78 is 44.9. The molecule has 0 fully saturated rings. The Labute approximate surface area is 184 Å². The second-order valence-corrected chi connectivity index (χ2v) is 7.10. The van der Waals surface area contributed by atoms with Gasteiger partial charge in [-0.15, -0.1) is 0 Å². The van der Waals surface area contributed by atoms with Crippen molar-refractivity contribution in [3.63, 3.8) is 0 Å². The molecule has 1 heterocycles. The minimum absolute atomic E-state index is 0.0548. The SMILES string of the molecule is O=C(Nc1nc2cc(Cl)ccc2o1)c1cccc(NC(=O)c2ccccc2C(F)(F)F)c1. The van der Waals surface area contributed by atoms with Gasteiger partial charge < -0.3 is 9.73 Å². The molecule has 10 heteroatoms. The van der Waals surface area contributed by atoms with Crippen LogP contribution in [0.5, 0.6) is 0 Å². The quantitative estimate of drug-likeness (QED) is 0.392. The van der Waals surface area contributed by atoms with Crippen molar-refractivity contribution in [2.45, 2.75) is 6.18 Å². The van der Waals surface area contributed by atoms with E-state index in [1.54, 1.807) is 18.2 Å². The van der Waals surface area contributed by atoms with E-state index >= 15 is 0 Å². The van der Waals surface area contributed by atoms with Crippen molar-refractivity contribution in [1.29, 1.82) is 0 Å². The molecule has 1 aromatic heterocycles. The fourth-order valence-electron chi connectivity index (χ4n) is 2.99. The van der Waals surface area contributed by atoms with Gasteiger partial charge in [-0.05, 0) is 48.5 Å². The van der Waals surface area contributed by atoms with E-state index in [9.17, 15) is 22.8 Å². The fraction of sp³-hybridized carbons (Fsp3) is 0.0455. The molecule has 0 atom stereocenters. The van der Waals surface area contributed by atoms with Crippen molar-refractivity contribution >= 4 is 46.2 Å². The van der Waals surface area contributed by atoms with Crippen molar-refractivity contribution in [3.05, 3.63) is 88.4 Å². The van der Waals surface area contributed by atoms with Crippen molar-refractivity contribution in [2.75, 3.05) is 10.6 Å². The molecular weight excluding hydrogens is 447 g/mol. The third-order valence-electron chi connectivity index (χ3n) is 4.43. The van der Waals surface area contributed by atoms with Crippen molar-refractivity contribution in [1.82, 2.24) is 4.98 Å². The number of carbonyl (C=O) groups is 2. The Bertz CT molecular complexity index is 1330. The summed E-state index contributed by atoms with van der Waals surface area (Å²) >= 11 is 5.90. The lowest BCUT2D eigenvalue weighted by Crippen LogP contribution is -2.19. The third-order valence-corrected chi connectivity index (χ3v) is 4.66. The Hall–Kier alpha value is -3.85. The van der Waals surface area contributed by atoms with E-state index in [0.717, 1.165) is 12.1 Å². The zero-order valence-corrected chi connectivity index (χ0v) is 16.8. The molecule has 4 rings (SSSR count). The highest BCUT2D eigenvalue weighted by Crippen LogP contribution is 2.32. The highest BCUT2D eigenvalue weighted by atomic mass is 35.5. The number of amides is 2. The van der Waals surface area contributed by atoms with E-state index in [0.29, 0.717) is 16.1 Å². The third kappa shape index (κ3) is 4.57. The van der Waals surface area contributed by atoms with Gasteiger partial charge in [0, 0.05) is 16.3 Å². The number of aromatic nitrogens is 1. The maximum absolute atomic E-state index is 13.2. The highest BCUT2D eigenvalue weighted by Gasteiger charge is 2.34. The first kappa shape index (κ1) is 21.4. The monoisotopic (exact) mass is 459 g/mol. The molecule has 4 aromatic rings. The van der Waals surface area contributed by atoms with Crippen molar-refractivity contribution in [3.8, 4) is 0 Å². The van der Waals surface area contributed by atoms with Gasteiger partial charge >= 0.3 is 12.2 Å². The molecule has 0 radical (unpaired) electrons. The summed E-state index contributed by atoms with van der Waals surface area (Å²) in [6, 6.07) is 14.9. The second kappa shape index (κ2) is 8.35. The molecule has 162 valence electrons. The van der Waals surface area contributed by atoms with Gasteiger partial charge in [0.2, 0.25) is 0 Å². The number of fused-ring (bicyclic) bond motifs is 1. The first-order valence-electron chi connectivity index (χ1n) is 9.16. The van der Waals surface area contributed by atoms with E-state index in [-0.39, 0.29) is 17.3 Å². The number of rotatable bonds is 4. The normalized spacial score (nSPS) is 11.4. The van der Waals surface area contributed by atoms with Crippen LogP contribution in [-0.2, 0) is 6.18 Å². The van der Waals surface area contributed by atoms with Gasteiger partial charge in [0.05, 0.1) is 11.1 Å². The smallest absolute Gasteiger partial charge is 0.417 e. The van der Waals surface area contributed by atoms with Crippen molar-refractivity contribution in [2.24, 2.45) is 0 Å². The van der Waals surface area contributed by atoms with Crippen LogP contribution in [0.1, 0.15) is 26.3 Å². The molecular formula is C22H13ClF3N3O3. The number of anilines is 2. The maximum Gasteiger partial charge on any atom is 0.417 e. The van der Waals surface area contributed by atoms with Crippen LogP contribution < -0.4 is 10.6 Å². The summed E-state index contributed by atoms with van der Waals surface area (Å²) in [7, 11) is 0. The standard InChI is InChI=1S/C22H13ClF3N3O3/c23-13-8-9-18-17(11-13)28-21(32-18)29-19(30)12-4-3-5-14(10-12)27-20(31)15-6-1-2-7-16(15)22(24,25)26/h1-11H,(H,27,31)(H,28,29,30). The Balaban J connectivity index is 1.52. The van der Waals surface area contributed by atoms with E-state index in [4.69, 9.17) is 16.0 Å². The van der Waals surface area contributed by atoms with Crippen LogP contribution in [0, 0.1) is 0 Å². The first-order chi connectivity index (χ1) is 15.2. The number of alkyl halides is 3. The predicted molar refractivity (Wildman–Crippen MR) is 113 cm³/mol. The lowest BCUT2D eigenvalue weighted by Gasteiger charge is -2.13. The van der Waals surface area contributed by atoms with Gasteiger partial charge in [-0.1, -0.05) is 29.8 Å². The molecule has 6 nitrogen and oxygen atoms in total. The van der Waals surface area contributed by atoms with Crippen LogP contribution in [0.2, 0.25) is 5.02 Å². The Kier molecular flexibility index (Phi) is 5.58. The molecule has 0 aliphatic heterocycles. The zero-order valence-electron chi connectivity index (χ0n) is 16.0. The Morgan fingerprint density at radius 2 is 1.69 bits per heavy atom. The van der Waals surface area contributed by atoms with Gasteiger partial charge in [0.15, 0.2) is 5.58 Å². The maximum atomic E-state index is 13.2. The molecule has 0 unspecified atom stereocenters. The molecule has 0 bridgehead atoms. The fourth-order valence-corrected chi connectivity index (χ4v) is 3.15. The summed E-state index contributed by atoms with van der Waals surface area (Å²) in [5, 5.41) is 5.33. The first-order valence-corrected chi connectivity index (χ1v) is 9.53.